The average molecular weight is 385 g/mol. The van der Waals surface area contributed by atoms with E-state index in [1.807, 2.05) is 12.1 Å². The Labute approximate surface area is 164 Å². The highest BCUT2D eigenvalue weighted by Gasteiger charge is 2.28. The highest BCUT2D eigenvalue weighted by molar-refractivity contribution is 7.91. The monoisotopic (exact) mass is 384 g/mol. The van der Waals surface area contributed by atoms with Crippen molar-refractivity contribution in [3.05, 3.63) is 70.8 Å². The summed E-state index contributed by atoms with van der Waals surface area (Å²) in [6.07, 6.45) is 9.47. The van der Waals surface area contributed by atoms with Gasteiger partial charge in [-0.3, -0.25) is 0 Å². The maximum absolute atomic E-state index is 12.5. The molecule has 2 aromatic rings. The molecular weight excluding hydrogens is 352 g/mol. The van der Waals surface area contributed by atoms with Gasteiger partial charge < -0.3 is 0 Å². The maximum atomic E-state index is 12.5. The van der Waals surface area contributed by atoms with Gasteiger partial charge in [-0.15, -0.1) is 0 Å². The van der Waals surface area contributed by atoms with Gasteiger partial charge >= 0.3 is 0 Å². The summed E-state index contributed by atoms with van der Waals surface area (Å²) in [5, 5.41) is -0.113. The Morgan fingerprint density at radius 2 is 1.19 bits per heavy atom. The highest BCUT2D eigenvalue weighted by atomic mass is 32.2. The number of sulfone groups is 1. The molecule has 3 rings (SSSR count). The summed E-state index contributed by atoms with van der Waals surface area (Å²) < 4.78 is 25.0. The summed E-state index contributed by atoms with van der Waals surface area (Å²) in [5.41, 5.74) is 4.98. The zero-order chi connectivity index (χ0) is 19.1. The van der Waals surface area contributed by atoms with Crippen molar-refractivity contribution >= 4 is 9.84 Å². The molecule has 1 saturated carbocycles. The Bertz CT molecular complexity index is 798. The standard InChI is InChI=1S/C24H32O2S/c1-2-3-6-20-9-11-21(12-10-20)13-14-22-15-17-23(18-16-22)19-27(25,26)24-7-4-5-8-24/h9-12,15-18,24H,2-8,13-14,19H2,1H3. The summed E-state index contributed by atoms with van der Waals surface area (Å²) in [4.78, 5) is 0. The third kappa shape index (κ3) is 5.93. The smallest absolute Gasteiger partial charge is 0.157 e. The van der Waals surface area contributed by atoms with Crippen molar-refractivity contribution < 1.29 is 8.42 Å². The fourth-order valence-electron chi connectivity index (χ4n) is 3.94. The molecule has 0 unspecified atom stereocenters. The number of benzene rings is 2. The van der Waals surface area contributed by atoms with Crippen molar-refractivity contribution in [2.24, 2.45) is 0 Å². The number of unbranched alkanes of at least 4 members (excludes halogenated alkanes) is 1. The van der Waals surface area contributed by atoms with Crippen LogP contribution in [0.3, 0.4) is 0 Å². The molecule has 146 valence electrons. The molecule has 0 aliphatic heterocycles. The van der Waals surface area contributed by atoms with Gasteiger partial charge in [0.1, 0.15) is 0 Å². The van der Waals surface area contributed by atoms with Gasteiger partial charge in [0, 0.05) is 0 Å². The molecule has 1 aliphatic carbocycles. The number of aryl methyl sites for hydroxylation is 3. The van der Waals surface area contributed by atoms with Crippen LogP contribution in [0.4, 0.5) is 0 Å². The summed E-state index contributed by atoms with van der Waals surface area (Å²) >= 11 is 0. The Morgan fingerprint density at radius 1 is 0.741 bits per heavy atom. The maximum Gasteiger partial charge on any atom is 0.157 e. The minimum absolute atomic E-state index is 0.113. The minimum atomic E-state index is -2.99. The van der Waals surface area contributed by atoms with E-state index >= 15 is 0 Å². The molecule has 0 amide bonds. The average Bonchev–Trinajstić information content (AvgIpc) is 3.22. The van der Waals surface area contributed by atoms with Crippen LogP contribution in [0.5, 0.6) is 0 Å². The Hall–Kier alpha value is -1.61. The lowest BCUT2D eigenvalue weighted by atomic mass is 10.0. The third-order valence-electron chi connectivity index (χ3n) is 5.75. The van der Waals surface area contributed by atoms with Crippen molar-refractivity contribution in [1.29, 1.82) is 0 Å². The van der Waals surface area contributed by atoms with Crippen LogP contribution in [0.15, 0.2) is 48.5 Å². The predicted octanol–water partition coefficient (Wildman–Crippen LogP) is 5.67. The van der Waals surface area contributed by atoms with Gasteiger partial charge in [-0.05, 0) is 60.8 Å². The van der Waals surface area contributed by atoms with Crippen molar-refractivity contribution in [2.75, 3.05) is 0 Å². The zero-order valence-corrected chi connectivity index (χ0v) is 17.3. The lowest BCUT2D eigenvalue weighted by Gasteiger charge is -2.11. The van der Waals surface area contributed by atoms with Crippen LogP contribution in [0.1, 0.15) is 67.7 Å². The van der Waals surface area contributed by atoms with E-state index in [-0.39, 0.29) is 11.0 Å². The van der Waals surface area contributed by atoms with Crippen LogP contribution in [-0.2, 0) is 34.9 Å². The van der Waals surface area contributed by atoms with Crippen molar-refractivity contribution in [3.8, 4) is 0 Å². The van der Waals surface area contributed by atoms with E-state index in [1.54, 1.807) is 0 Å². The largest absolute Gasteiger partial charge is 0.228 e. The van der Waals surface area contributed by atoms with Crippen molar-refractivity contribution in [1.82, 2.24) is 0 Å². The topological polar surface area (TPSA) is 34.1 Å². The number of hydrogen-bond acceptors (Lipinski definition) is 2. The first-order valence-electron chi connectivity index (χ1n) is 10.4. The highest BCUT2D eigenvalue weighted by Crippen LogP contribution is 2.27. The van der Waals surface area contributed by atoms with Crippen LogP contribution in [0.25, 0.3) is 0 Å². The Morgan fingerprint density at radius 3 is 1.67 bits per heavy atom. The Balaban J connectivity index is 1.51. The lowest BCUT2D eigenvalue weighted by molar-refractivity contribution is 0.579. The van der Waals surface area contributed by atoms with Crippen molar-refractivity contribution in [2.45, 2.75) is 75.7 Å². The lowest BCUT2D eigenvalue weighted by Crippen LogP contribution is -2.19. The Kier molecular flexibility index (Phi) is 7.12. The van der Waals surface area contributed by atoms with E-state index in [2.05, 4.69) is 43.3 Å². The van der Waals surface area contributed by atoms with Gasteiger partial charge in [0.05, 0.1) is 11.0 Å². The first-order valence-corrected chi connectivity index (χ1v) is 12.2. The zero-order valence-electron chi connectivity index (χ0n) is 16.5. The quantitative estimate of drug-likeness (QED) is 0.558. The molecule has 0 saturated heterocycles. The van der Waals surface area contributed by atoms with E-state index in [4.69, 9.17) is 0 Å². The minimum Gasteiger partial charge on any atom is -0.228 e. The summed E-state index contributed by atoms with van der Waals surface area (Å²) in [7, 11) is -2.99. The van der Waals surface area contributed by atoms with Gasteiger partial charge in [-0.2, -0.15) is 0 Å². The summed E-state index contributed by atoms with van der Waals surface area (Å²) in [5.74, 6) is 0.192. The first-order chi connectivity index (χ1) is 13.1. The molecule has 0 atom stereocenters. The molecule has 0 aromatic heterocycles. The second-order valence-corrected chi connectivity index (χ2v) is 10.2. The molecule has 0 heterocycles. The molecule has 0 spiro atoms. The van der Waals surface area contributed by atoms with Crippen LogP contribution in [-0.4, -0.2) is 13.7 Å². The van der Waals surface area contributed by atoms with Crippen LogP contribution in [0.2, 0.25) is 0 Å². The molecule has 1 fully saturated rings. The molecule has 2 aromatic carbocycles. The van der Waals surface area contributed by atoms with Gasteiger partial charge in [0.25, 0.3) is 0 Å². The molecule has 27 heavy (non-hydrogen) atoms. The first kappa shape index (κ1) is 20.1. The fourth-order valence-corrected chi connectivity index (χ4v) is 5.89. The van der Waals surface area contributed by atoms with Crippen molar-refractivity contribution in [3.63, 3.8) is 0 Å². The number of hydrogen-bond donors (Lipinski definition) is 0. The molecule has 2 nitrogen and oxygen atoms in total. The normalized spacial score (nSPS) is 15.3. The molecule has 1 aliphatic rings. The summed E-state index contributed by atoms with van der Waals surface area (Å²) in [6.45, 7) is 2.23. The molecule has 0 radical (unpaired) electrons. The van der Waals surface area contributed by atoms with E-state index in [1.165, 1.54) is 36.0 Å². The second-order valence-electron chi connectivity index (χ2n) is 7.95. The SMILES string of the molecule is CCCCc1ccc(CCc2ccc(CS(=O)(=O)C3CCCC3)cc2)cc1. The third-order valence-corrected chi connectivity index (χ3v) is 7.97. The second kappa shape index (κ2) is 9.54. The predicted molar refractivity (Wildman–Crippen MR) is 114 cm³/mol. The number of rotatable bonds is 9. The van der Waals surface area contributed by atoms with Gasteiger partial charge in [-0.1, -0.05) is 74.7 Å². The van der Waals surface area contributed by atoms with Gasteiger partial charge in [0.15, 0.2) is 9.84 Å². The van der Waals surface area contributed by atoms with E-state index in [9.17, 15) is 8.42 Å². The summed E-state index contributed by atoms with van der Waals surface area (Å²) in [6, 6.07) is 17.2. The van der Waals surface area contributed by atoms with E-state index < -0.39 is 9.84 Å². The van der Waals surface area contributed by atoms with E-state index in [0.29, 0.717) is 0 Å². The van der Waals surface area contributed by atoms with Gasteiger partial charge in [-0.25, -0.2) is 8.42 Å². The van der Waals surface area contributed by atoms with Crippen LogP contribution < -0.4 is 0 Å². The van der Waals surface area contributed by atoms with Gasteiger partial charge in [0.2, 0.25) is 0 Å². The van der Waals surface area contributed by atoms with Crippen LogP contribution >= 0.6 is 0 Å². The van der Waals surface area contributed by atoms with E-state index in [0.717, 1.165) is 44.1 Å². The fraction of sp³-hybridized carbons (Fsp3) is 0.500. The molecule has 0 bridgehead atoms. The molecule has 0 N–H and O–H groups in total. The molecule has 3 heteroatoms. The molecular formula is C24H32O2S. The van der Waals surface area contributed by atoms with Crippen LogP contribution in [0, 0.1) is 0 Å².